The maximum Gasteiger partial charge on any atom is 0.319 e. The highest BCUT2D eigenvalue weighted by Crippen LogP contribution is 2.33. The van der Waals surface area contributed by atoms with Crippen LogP contribution in [0.2, 0.25) is 0 Å². The Hall–Kier alpha value is -2.59. The van der Waals surface area contributed by atoms with Gasteiger partial charge >= 0.3 is 5.97 Å². The van der Waals surface area contributed by atoms with Crippen molar-refractivity contribution in [2.45, 2.75) is 23.4 Å². The highest BCUT2D eigenvalue weighted by molar-refractivity contribution is 8.02. The van der Waals surface area contributed by atoms with Crippen molar-refractivity contribution < 1.29 is 23.8 Å². The first-order chi connectivity index (χ1) is 13.0. The summed E-state index contributed by atoms with van der Waals surface area (Å²) in [6.07, 6.45) is 3.06. The second-order valence-electron chi connectivity index (χ2n) is 5.32. The van der Waals surface area contributed by atoms with E-state index >= 15 is 0 Å². The number of thioether (sulfide) groups is 1. The topological polar surface area (TPSA) is 99.6 Å². The molecule has 1 aliphatic heterocycles. The lowest BCUT2D eigenvalue weighted by Gasteiger charge is -2.06. The van der Waals surface area contributed by atoms with Crippen molar-refractivity contribution in [3.63, 3.8) is 0 Å². The molecule has 3 rings (SSSR count). The summed E-state index contributed by atoms with van der Waals surface area (Å²) in [5, 5.41) is 10.5. The minimum absolute atomic E-state index is 0.204. The van der Waals surface area contributed by atoms with Crippen molar-refractivity contribution in [1.82, 2.24) is 10.2 Å². The number of aromatic nitrogens is 2. The van der Waals surface area contributed by atoms with Crippen molar-refractivity contribution in [1.29, 1.82) is 0 Å². The van der Waals surface area contributed by atoms with Crippen LogP contribution in [0.25, 0.3) is 6.08 Å². The van der Waals surface area contributed by atoms with Gasteiger partial charge in [0, 0.05) is 6.08 Å². The monoisotopic (exact) mass is 407 g/mol. The molecule has 27 heavy (non-hydrogen) atoms. The summed E-state index contributed by atoms with van der Waals surface area (Å²) in [4.78, 5) is 23.7. The van der Waals surface area contributed by atoms with Crippen molar-refractivity contribution in [3.05, 3.63) is 29.8 Å². The highest BCUT2D eigenvalue weighted by Gasteiger charge is 2.18. The molecule has 10 heteroatoms. The van der Waals surface area contributed by atoms with Crippen LogP contribution in [0, 0.1) is 0 Å². The quantitative estimate of drug-likeness (QED) is 0.324. The number of nitrogens with one attached hydrogen (secondary N) is 1. The zero-order valence-electron chi connectivity index (χ0n) is 14.6. The molecule has 0 saturated carbocycles. The van der Waals surface area contributed by atoms with Crippen molar-refractivity contribution in [2.75, 3.05) is 18.7 Å². The van der Waals surface area contributed by atoms with Crippen molar-refractivity contribution in [2.24, 2.45) is 0 Å². The van der Waals surface area contributed by atoms with Crippen LogP contribution in [0.3, 0.4) is 0 Å². The van der Waals surface area contributed by atoms with Gasteiger partial charge in [0.05, 0.1) is 6.61 Å². The molecule has 0 fully saturated rings. The summed E-state index contributed by atoms with van der Waals surface area (Å²) >= 11 is 2.43. The number of nitrogens with zero attached hydrogens (tertiary/aromatic N) is 2. The van der Waals surface area contributed by atoms with Gasteiger partial charge in [-0.2, -0.15) is 0 Å². The Morgan fingerprint density at radius 3 is 3.00 bits per heavy atom. The molecule has 1 aliphatic rings. The Morgan fingerprint density at radius 2 is 2.19 bits per heavy atom. The largest absolute Gasteiger partial charge is 0.465 e. The van der Waals surface area contributed by atoms with Gasteiger partial charge in [0.15, 0.2) is 15.8 Å². The molecule has 0 bridgehead atoms. The molecule has 142 valence electrons. The van der Waals surface area contributed by atoms with Crippen LogP contribution in [-0.4, -0.2) is 40.7 Å². The minimum Gasteiger partial charge on any atom is -0.465 e. The minimum atomic E-state index is -0.396. The van der Waals surface area contributed by atoms with Crippen LogP contribution in [0.5, 0.6) is 11.5 Å². The van der Waals surface area contributed by atoms with Gasteiger partial charge in [-0.25, -0.2) is 0 Å². The standard InChI is InChI=1S/C17H17N3O5S2/c1-3-23-15(22)10(2)26-17-20-19-16(27-17)18-14(21)7-5-11-4-6-12-13(8-11)25-9-24-12/h4-8,10H,3,9H2,1-2H3,(H,18,19,21)/b7-5-/t10-/m0/s1. The Labute approximate surface area is 163 Å². The molecule has 1 atom stereocenters. The lowest BCUT2D eigenvalue weighted by Crippen LogP contribution is -2.16. The van der Waals surface area contributed by atoms with Gasteiger partial charge in [-0.1, -0.05) is 29.2 Å². The first-order valence-corrected chi connectivity index (χ1v) is 9.80. The van der Waals surface area contributed by atoms with Crippen LogP contribution in [0.1, 0.15) is 19.4 Å². The van der Waals surface area contributed by atoms with E-state index in [1.54, 1.807) is 32.1 Å². The Bertz CT molecular complexity index is 868. The third-order valence-electron chi connectivity index (χ3n) is 3.36. The third-order valence-corrected chi connectivity index (χ3v) is 5.36. The van der Waals surface area contributed by atoms with Gasteiger partial charge in [0.25, 0.3) is 0 Å². The molecule has 2 heterocycles. The predicted octanol–water partition coefficient (Wildman–Crippen LogP) is 2.96. The van der Waals surface area contributed by atoms with E-state index < -0.39 is 5.25 Å². The zero-order chi connectivity index (χ0) is 19.2. The lowest BCUT2D eigenvalue weighted by atomic mass is 10.2. The predicted molar refractivity (Wildman–Crippen MR) is 102 cm³/mol. The number of anilines is 1. The Morgan fingerprint density at radius 1 is 1.37 bits per heavy atom. The summed E-state index contributed by atoms with van der Waals surface area (Å²) in [7, 11) is 0. The van der Waals surface area contributed by atoms with Crippen LogP contribution in [-0.2, 0) is 14.3 Å². The number of hydrogen-bond acceptors (Lipinski definition) is 9. The number of ether oxygens (including phenoxy) is 3. The molecule has 1 N–H and O–H groups in total. The van der Waals surface area contributed by atoms with E-state index in [9.17, 15) is 9.59 Å². The molecule has 1 amide bonds. The maximum absolute atomic E-state index is 12.0. The normalized spacial score (nSPS) is 13.6. The number of benzene rings is 1. The Kier molecular flexibility index (Phi) is 6.30. The third kappa shape index (κ3) is 5.20. The number of carbonyl (C=O) groups is 2. The van der Waals surface area contributed by atoms with E-state index in [-0.39, 0.29) is 18.7 Å². The second-order valence-corrected chi connectivity index (χ2v) is 7.89. The first kappa shape index (κ1) is 19.2. The molecule has 0 radical (unpaired) electrons. The highest BCUT2D eigenvalue weighted by atomic mass is 32.2. The smallest absolute Gasteiger partial charge is 0.319 e. The zero-order valence-corrected chi connectivity index (χ0v) is 16.3. The number of carbonyl (C=O) groups excluding carboxylic acids is 2. The van der Waals surface area contributed by atoms with E-state index in [0.717, 1.165) is 5.56 Å². The number of hydrogen-bond donors (Lipinski definition) is 1. The Balaban J connectivity index is 1.54. The molecule has 2 aromatic rings. The van der Waals surface area contributed by atoms with Gasteiger partial charge in [-0.3, -0.25) is 14.9 Å². The van der Waals surface area contributed by atoms with Crippen LogP contribution >= 0.6 is 23.1 Å². The van der Waals surface area contributed by atoms with E-state index in [2.05, 4.69) is 15.5 Å². The van der Waals surface area contributed by atoms with Crippen LogP contribution < -0.4 is 14.8 Å². The number of amides is 1. The van der Waals surface area contributed by atoms with E-state index in [1.165, 1.54) is 29.2 Å². The average molecular weight is 407 g/mol. The molecule has 0 saturated heterocycles. The van der Waals surface area contributed by atoms with Gasteiger partial charge in [-0.05, 0) is 37.6 Å². The van der Waals surface area contributed by atoms with Gasteiger partial charge < -0.3 is 14.2 Å². The molecule has 8 nitrogen and oxygen atoms in total. The molecular formula is C17H17N3O5S2. The summed E-state index contributed by atoms with van der Waals surface area (Å²) in [6, 6.07) is 5.41. The van der Waals surface area contributed by atoms with Gasteiger partial charge in [0.2, 0.25) is 17.8 Å². The fourth-order valence-corrected chi connectivity index (χ4v) is 4.00. The number of esters is 1. The fourth-order valence-electron chi connectivity index (χ4n) is 2.10. The molecule has 1 aromatic carbocycles. The SMILES string of the molecule is CCOC(=O)[C@H](C)Sc1nnc(NC(=O)/C=C\c2ccc3c(c2)OCO3)s1. The molecule has 0 spiro atoms. The van der Waals surface area contributed by atoms with Gasteiger partial charge in [0.1, 0.15) is 5.25 Å². The van der Waals surface area contributed by atoms with Crippen LogP contribution in [0.4, 0.5) is 5.13 Å². The van der Waals surface area contributed by atoms with Crippen molar-refractivity contribution in [3.8, 4) is 11.5 Å². The maximum atomic E-state index is 12.0. The van der Waals surface area contributed by atoms with Crippen molar-refractivity contribution >= 4 is 46.2 Å². The first-order valence-electron chi connectivity index (χ1n) is 8.10. The molecular weight excluding hydrogens is 390 g/mol. The van der Waals surface area contributed by atoms with E-state index in [1.807, 2.05) is 6.07 Å². The second kappa shape index (κ2) is 8.87. The fraction of sp³-hybridized carbons (Fsp3) is 0.294. The number of rotatable bonds is 7. The summed E-state index contributed by atoms with van der Waals surface area (Å²) in [5.41, 5.74) is 0.811. The molecule has 0 aliphatic carbocycles. The van der Waals surface area contributed by atoms with Gasteiger partial charge in [-0.15, -0.1) is 10.2 Å². The summed E-state index contributed by atoms with van der Waals surface area (Å²) in [5.74, 6) is 0.695. The number of fused-ring (bicyclic) bond motifs is 1. The molecule has 0 unspecified atom stereocenters. The average Bonchev–Trinajstić information content (AvgIpc) is 3.28. The lowest BCUT2D eigenvalue weighted by molar-refractivity contribution is -0.142. The van der Waals surface area contributed by atoms with E-state index in [4.69, 9.17) is 14.2 Å². The van der Waals surface area contributed by atoms with Crippen LogP contribution in [0.15, 0.2) is 28.6 Å². The van der Waals surface area contributed by atoms with E-state index in [0.29, 0.717) is 27.6 Å². The summed E-state index contributed by atoms with van der Waals surface area (Å²) in [6.45, 7) is 4.02. The molecule has 1 aromatic heterocycles. The summed E-state index contributed by atoms with van der Waals surface area (Å²) < 4.78 is 16.1.